The highest BCUT2D eigenvalue weighted by molar-refractivity contribution is 7.81. The van der Waals surface area contributed by atoms with E-state index in [1.54, 1.807) is 0 Å². The first-order valence-electron chi connectivity index (χ1n) is 3.82. The molecule has 10 heavy (non-hydrogen) atoms. The Morgan fingerprint density at radius 3 is 1.90 bits per heavy atom. The van der Waals surface area contributed by atoms with Crippen molar-refractivity contribution in [3.63, 3.8) is 0 Å². The Balaban J connectivity index is 3.73. The zero-order valence-electron chi connectivity index (χ0n) is 7.39. The van der Waals surface area contributed by atoms with E-state index in [1.807, 2.05) is 0 Å². The molecule has 1 unspecified atom stereocenters. The predicted molar refractivity (Wildman–Crippen MR) is 50.5 cm³/mol. The molecule has 1 atom stereocenters. The lowest BCUT2D eigenvalue weighted by Gasteiger charge is -2.27. The fourth-order valence-corrected chi connectivity index (χ4v) is 0.902. The Kier molecular flexibility index (Phi) is 3.74. The van der Waals surface area contributed by atoms with Crippen molar-refractivity contribution in [2.75, 3.05) is 0 Å². The molecule has 0 heterocycles. The molecule has 0 bridgehead atoms. The second kappa shape index (κ2) is 3.63. The molecule has 2 N–H and O–H groups in total. The summed E-state index contributed by atoms with van der Waals surface area (Å²) in [5, 5.41) is 0. The topological polar surface area (TPSA) is 26.0 Å². The molecule has 0 spiro atoms. The van der Waals surface area contributed by atoms with Crippen LogP contribution in [0.1, 0.15) is 34.1 Å². The standard InChI is InChI=1S/C8H19NS/c1-6(2)5-7(9)8(3,4)10/h6-7,10H,5,9H2,1-4H3. The van der Waals surface area contributed by atoms with Crippen LogP contribution in [-0.2, 0) is 0 Å². The smallest absolute Gasteiger partial charge is 0.0224 e. The number of hydrogen-bond donors (Lipinski definition) is 2. The third kappa shape index (κ3) is 4.18. The van der Waals surface area contributed by atoms with E-state index >= 15 is 0 Å². The molecule has 0 amide bonds. The van der Waals surface area contributed by atoms with Gasteiger partial charge >= 0.3 is 0 Å². The molecule has 0 radical (unpaired) electrons. The van der Waals surface area contributed by atoms with Gasteiger partial charge < -0.3 is 5.73 Å². The van der Waals surface area contributed by atoms with Gasteiger partial charge in [0, 0.05) is 10.8 Å². The van der Waals surface area contributed by atoms with Gasteiger partial charge in [-0.15, -0.1) is 0 Å². The van der Waals surface area contributed by atoms with Crippen molar-refractivity contribution in [1.29, 1.82) is 0 Å². The third-order valence-electron chi connectivity index (χ3n) is 1.63. The lowest BCUT2D eigenvalue weighted by Crippen LogP contribution is -2.39. The summed E-state index contributed by atoms with van der Waals surface area (Å²) in [5.41, 5.74) is 5.88. The fraction of sp³-hybridized carbons (Fsp3) is 1.00. The summed E-state index contributed by atoms with van der Waals surface area (Å²) in [5.74, 6) is 0.668. The molecule has 0 rings (SSSR count). The molecule has 0 aromatic carbocycles. The van der Waals surface area contributed by atoms with E-state index < -0.39 is 0 Å². The average Bonchev–Trinajstić information content (AvgIpc) is 1.60. The van der Waals surface area contributed by atoms with Crippen LogP contribution in [0, 0.1) is 5.92 Å². The maximum atomic E-state index is 5.88. The largest absolute Gasteiger partial charge is 0.326 e. The van der Waals surface area contributed by atoms with Gasteiger partial charge in [0.15, 0.2) is 0 Å². The van der Waals surface area contributed by atoms with Gasteiger partial charge in [0.05, 0.1) is 0 Å². The van der Waals surface area contributed by atoms with Gasteiger partial charge in [-0.25, -0.2) is 0 Å². The third-order valence-corrected chi connectivity index (χ3v) is 1.96. The predicted octanol–water partition coefficient (Wildman–Crippen LogP) is 2.07. The molecule has 1 nitrogen and oxygen atoms in total. The minimum Gasteiger partial charge on any atom is -0.326 e. The van der Waals surface area contributed by atoms with Gasteiger partial charge in [-0.05, 0) is 26.2 Å². The maximum absolute atomic E-state index is 5.88. The van der Waals surface area contributed by atoms with E-state index in [2.05, 4.69) is 40.3 Å². The van der Waals surface area contributed by atoms with Crippen molar-refractivity contribution in [3.05, 3.63) is 0 Å². The molecule has 0 aliphatic rings. The van der Waals surface area contributed by atoms with Crippen molar-refractivity contribution < 1.29 is 0 Å². The Bertz CT molecular complexity index is 93.9. The average molecular weight is 161 g/mol. The van der Waals surface area contributed by atoms with E-state index in [-0.39, 0.29) is 10.8 Å². The quantitative estimate of drug-likeness (QED) is 0.609. The number of thiol groups is 1. The van der Waals surface area contributed by atoms with Gasteiger partial charge in [0.25, 0.3) is 0 Å². The number of hydrogen-bond acceptors (Lipinski definition) is 2. The Labute approximate surface area is 69.8 Å². The van der Waals surface area contributed by atoms with Crippen LogP contribution in [0.5, 0.6) is 0 Å². The summed E-state index contributed by atoms with van der Waals surface area (Å²) in [4.78, 5) is 0. The molecule has 0 saturated heterocycles. The molecule has 0 aliphatic carbocycles. The molecule has 0 aromatic heterocycles. The number of rotatable bonds is 3. The van der Waals surface area contributed by atoms with Crippen LogP contribution in [0.15, 0.2) is 0 Å². The van der Waals surface area contributed by atoms with Crippen LogP contribution >= 0.6 is 12.6 Å². The molecular weight excluding hydrogens is 142 g/mol. The second-order valence-electron chi connectivity index (χ2n) is 3.89. The van der Waals surface area contributed by atoms with Crippen molar-refractivity contribution in [2.45, 2.75) is 44.9 Å². The summed E-state index contributed by atoms with van der Waals surface area (Å²) >= 11 is 4.40. The molecule has 62 valence electrons. The Hall–Kier alpha value is 0.310. The van der Waals surface area contributed by atoms with Crippen molar-refractivity contribution >= 4 is 12.6 Å². The summed E-state index contributed by atoms with van der Waals surface area (Å²) in [6.45, 7) is 8.48. The second-order valence-corrected chi connectivity index (χ2v) is 5.04. The zero-order valence-corrected chi connectivity index (χ0v) is 8.28. The highest BCUT2D eigenvalue weighted by Gasteiger charge is 2.21. The normalized spacial score (nSPS) is 15.9. The van der Waals surface area contributed by atoms with E-state index in [1.165, 1.54) is 0 Å². The minimum absolute atomic E-state index is 0.0374. The first-order chi connectivity index (χ1) is 4.34. The Morgan fingerprint density at radius 1 is 1.40 bits per heavy atom. The lowest BCUT2D eigenvalue weighted by atomic mass is 9.95. The summed E-state index contributed by atoms with van der Waals surface area (Å²) in [6.07, 6.45) is 1.05. The lowest BCUT2D eigenvalue weighted by molar-refractivity contribution is 0.435. The van der Waals surface area contributed by atoms with E-state index in [9.17, 15) is 0 Å². The van der Waals surface area contributed by atoms with Crippen LogP contribution in [0.3, 0.4) is 0 Å². The van der Waals surface area contributed by atoms with Gasteiger partial charge in [-0.2, -0.15) is 12.6 Å². The summed E-state index contributed by atoms with van der Waals surface area (Å²) in [6, 6.07) is 0.204. The van der Waals surface area contributed by atoms with Crippen LogP contribution in [0.25, 0.3) is 0 Å². The fourth-order valence-electron chi connectivity index (χ4n) is 0.796. The highest BCUT2D eigenvalue weighted by Crippen LogP contribution is 2.20. The van der Waals surface area contributed by atoms with Crippen LogP contribution < -0.4 is 5.73 Å². The molecule has 0 aliphatic heterocycles. The molecule has 2 heteroatoms. The molecular formula is C8H19NS. The molecule has 0 fully saturated rings. The number of nitrogens with two attached hydrogens (primary N) is 1. The SMILES string of the molecule is CC(C)CC(N)C(C)(C)S. The van der Waals surface area contributed by atoms with Gasteiger partial charge in [-0.1, -0.05) is 13.8 Å². The zero-order chi connectivity index (χ0) is 8.36. The van der Waals surface area contributed by atoms with Gasteiger partial charge in [0.2, 0.25) is 0 Å². The monoisotopic (exact) mass is 161 g/mol. The maximum Gasteiger partial charge on any atom is 0.0224 e. The summed E-state index contributed by atoms with van der Waals surface area (Å²) < 4.78 is -0.0374. The summed E-state index contributed by atoms with van der Waals surface area (Å²) in [7, 11) is 0. The van der Waals surface area contributed by atoms with Gasteiger partial charge in [-0.3, -0.25) is 0 Å². The highest BCUT2D eigenvalue weighted by atomic mass is 32.1. The van der Waals surface area contributed by atoms with E-state index in [4.69, 9.17) is 5.73 Å². The first kappa shape index (κ1) is 10.3. The van der Waals surface area contributed by atoms with Gasteiger partial charge in [0.1, 0.15) is 0 Å². The van der Waals surface area contributed by atoms with Crippen LogP contribution in [0.4, 0.5) is 0 Å². The Morgan fingerprint density at radius 2 is 1.80 bits per heavy atom. The molecule has 0 aromatic rings. The molecule has 0 saturated carbocycles. The van der Waals surface area contributed by atoms with Crippen molar-refractivity contribution in [3.8, 4) is 0 Å². The van der Waals surface area contributed by atoms with Crippen molar-refractivity contribution in [1.82, 2.24) is 0 Å². The van der Waals surface area contributed by atoms with E-state index in [0.29, 0.717) is 5.92 Å². The van der Waals surface area contributed by atoms with Crippen LogP contribution in [-0.4, -0.2) is 10.8 Å². The van der Waals surface area contributed by atoms with Crippen molar-refractivity contribution in [2.24, 2.45) is 11.7 Å². The minimum atomic E-state index is -0.0374. The van der Waals surface area contributed by atoms with Crippen LogP contribution in [0.2, 0.25) is 0 Å². The first-order valence-corrected chi connectivity index (χ1v) is 4.26. The van der Waals surface area contributed by atoms with E-state index in [0.717, 1.165) is 6.42 Å².